The van der Waals surface area contributed by atoms with E-state index in [0.29, 0.717) is 5.56 Å². The van der Waals surface area contributed by atoms with Gasteiger partial charge in [0.2, 0.25) is 0 Å². The third-order valence-electron chi connectivity index (χ3n) is 3.80. The van der Waals surface area contributed by atoms with Crippen LogP contribution in [0, 0.1) is 6.92 Å². The molecule has 1 amide bonds. The number of hydrogen-bond acceptors (Lipinski definition) is 5. The van der Waals surface area contributed by atoms with Gasteiger partial charge in [0.1, 0.15) is 0 Å². The molecule has 0 fully saturated rings. The Morgan fingerprint density at radius 3 is 2.20 bits per heavy atom. The van der Waals surface area contributed by atoms with Crippen LogP contribution in [0.25, 0.3) is 0 Å². The van der Waals surface area contributed by atoms with Crippen molar-refractivity contribution in [3.63, 3.8) is 0 Å². The summed E-state index contributed by atoms with van der Waals surface area (Å²) in [6.07, 6.45) is 6.30. The van der Waals surface area contributed by atoms with Crippen LogP contribution in [-0.2, 0) is 0 Å². The molecule has 126 valence electrons. The Morgan fingerprint density at radius 2 is 1.60 bits per heavy atom. The summed E-state index contributed by atoms with van der Waals surface area (Å²) >= 11 is 0. The van der Waals surface area contributed by atoms with Gasteiger partial charge in [0.05, 0.1) is 18.7 Å². The molecule has 3 aromatic rings. The maximum atomic E-state index is 12.6. The van der Waals surface area contributed by atoms with Crippen molar-refractivity contribution in [3.05, 3.63) is 83.4 Å². The Kier molecular flexibility index (Phi) is 4.99. The Labute approximate surface area is 145 Å². The van der Waals surface area contributed by atoms with Crippen LogP contribution in [0.3, 0.4) is 0 Å². The van der Waals surface area contributed by atoms with E-state index < -0.39 is 0 Å². The standard InChI is InChI=1S/C19H18N4O2/c1-13-3-5-14(6-4-13)17(15-7-9-20-10-8-15)23-18(24)16-11-21-19(25-2)22-12-16/h3-12,17H,1-2H3,(H,23,24). The van der Waals surface area contributed by atoms with E-state index in [1.807, 2.05) is 43.3 Å². The number of methoxy groups -OCH3 is 1. The van der Waals surface area contributed by atoms with Crippen LogP contribution in [0.5, 0.6) is 6.01 Å². The normalized spacial score (nSPS) is 11.6. The van der Waals surface area contributed by atoms with E-state index in [2.05, 4.69) is 20.3 Å². The summed E-state index contributed by atoms with van der Waals surface area (Å²) in [7, 11) is 1.48. The number of amides is 1. The van der Waals surface area contributed by atoms with Crippen molar-refractivity contribution in [2.45, 2.75) is 13.0 Å². The molecule has 0 spiro atoms. The minimum absolute atomic E-state index is 0.223. The third kappa shape index (κ3) is 3.98. The highest BCUT2D eigenvalue weighted by atomic mass is 16.5. The summed E-state index contributed by atoms with van der Waals surface area (Å²) in [4.78, 5) is 24.6. The van der Waals surface area contributed by atoms with Gasteiger partial charge in [-0.3, -0.25) is 9.78 Å². The molecule has 25 heavy (non-hydrogen) atoms. The van der Waals surface area contributed by atoms with E-state index in [9.17, 15) is 4.79 Å². The Hall–Kier alpha value is -3.28. The van der Waals surface area contributed by atoms with Crippen LogP contribution < -0.4 is 10.1 Å². The Balaban J connectivity index is 1.89. The van der Waals surface area contributed by atoms with Gasteiger partial charge in [0.25, 0.3) is 5.91 Å². The Bertz CT molecular complexity index is 834. The number of pyridine rings is 1. The lowest BCUT2D eigenvalue weighted by Crippen LogP contribution is -2.29. The van der Waals surface area contributed by atoms with Crippen molar-refractivity contribution < 1.29 is 9.53 Å². The second-order valence-corrected chi connectivity index (χ2v) is 5.56. The predicted octanol–water partition coefficient (Wildman–Crippen LogP) is 2.71. The minimum Gasteiger partial charge on any atom is -0.467 e. The third-order valence-corrected chi connectivity index (χ3v) is 3.80. The van der Waals surface area contributed by atoms with Crippen LogP contribution in [-0.4, -0.2) is 28.0 Å². The van der Waals surface area contributed by atoms with Crippen LogP contribution in [0.4, 0.5) is 0 Å². The molecule has 0 aliphatic carbocycles. The first-order chi connectivity index (χ1) is 12.2. The SMILES string of the molecule is COc1ncc(C(=O)NC(c2ccncc2)c2ccc(C)cc2)cn1. The smallest absolute Gasteiger partial charge is 0.316 e. The molecule has 2 heterocycles. The van der Waals surface area contributed by atoms with Crippen molar-refractivity contribution in [2.24, 2.45) is 0 Å². The second kappa shape index (κ2) is 7.53. The maximum Gasteiger partial charge on any atom is 0.316 e. The molecule has 1 atom stereocenters. The van der Waals surface area contributed by atoms with Crippen molar-refractivity contribution in [3.8, 4) is 6.01 Å². The summed E-state index contributed by atoms with van der Waals surface area (Å²) in [5.74, 6) is -0.259. The highest BCUT2D eigenvalue weighted by molar-refractivity contribution is 5.94. The highest BCUT2D eigenvalue weighted by Gasteiger charge is 2.18. The van der Waals surface area contributed by atoms with E-state index >= 15 is 0 Å². The summed E-state index contributed by atoms with van der Waals surface area (Å²) in [6.45, 7) is 2.03. The largest absolute Gasteiger partial charge is 0.467 e. The van der Waals surface area contributed by atoms with E-state index in [0.717, 1.165) is 16.7 Å². The van der Waals surface area contributed by atoms with Crippen LogP contribution >= 0.6 is 0 Å². The number of aryl methyl sites for hydroxylation is 1. The molecule has 0 aliphatic rings. The maximum absolute atomic E-state index is 12.6. The van der Waals surface area contributed by atoms with Gasteiger partial charge in [-0.15, -0.1) is 0 Å². The molecule has 1 unspecified atom stereocenters. The molecular weight excluding hydrogens is 316 g/mol. The van der Waals surface area contributed by atoms with Crippen molar-refractivity contribution in [2.75, 3.05) is 7.11 Å². The zero-order valence-electron chi connectivity index (χ0n) is 14.0. The van der Waals surface area contributed by atoms with Crippen LogP contribution in [0.15, 0.2) is 61.2 Å². The molecule has 6 heteroatoms. The number of aromatic nitrogens is 3. The van der Waals surface area contributed by atoms with Gasteiger partial charge in [0.15, 0.2) is 0 Å². The van der Waals surface area contributed by atoms with Gasteiger partial charge >= 0.3 is 6.01 Å². The van der Waals surface area contributed by atoms with Gasteiger partial charge in [0, 0.05) is 24.8 Å². The first-order valence-corrected chi connectivity index (χ1v) is 7.81. The molecule has 2 aromatic heterocycles. The summed E-state index contributed by atoms with van der Waals surface area (Å²) in [6, 6.07) is 11.7. The molecule has 1 N–H and O–H groups in total. The fraction of sp³-hybridized carbons (Fsp3) is 0.158. The van der Waals surface area contributed by atoms with E-state index in [1.165, 1.54) is 19.5 Å². The number of benzene rings is 1. The number of carbonyl (C=O) groups excluding carboxylic acids is 1. The second-order valence-electron chi connectivity index (χ2n) is 5.56. The number of carbonyl (C=O) groups is 1. The Morgan fingerprint density at radius 1 is 1.00 bits per heavy atom. The first kappa shape index (κ1) is 16.6. The van der Waals surface area contributed by atoms with Gasteiger partial charge in [-0.25, -0.2) is 9.97 Å². The lowest BCUT2D eigenvalue weighted by molar-refractivity contribution is 0.0942. The van der Waals surface area contributed by atoms with Crippen LogP contribution in [0.1, 0.15) is 33.1 Å². The average Bonchev–Trinajstić information content (AvgIpc) is 2.67. The molecule has 3 rings (SSSR count). The average molecular weight is 334 g/mol. The van der Waals surface area contributed by atoms with Crippen LogP contribution in [0.2, 0.25) is 0 Å². The lowest BCUT2D eigenvalue weighted by Gasteiger charge is -2.20. The number of nitrogens with one attached hydrogen (secondary N) is 1. The first-order valence-electron chi connectivity index (χ1n) is 7.81. The monoisotopic (exact) mass is 334 g/mol. The molecule has 6 nitrogen and oxygen atoms in total. The molecule has 0 aliphatic heterocycles. The molecule has 0 saturated heterocycles. The van der Waals surface area contributed by atoms with Gasteiger partial charge in [-0.2, -0.15) is 0 Å². The number of rotatable bonds is 5. The van der Waals surface area contributed by atoms with Gasteiger partial charge < -0.3 is 10.1 Å². The quantitative estimate of drug-likeness (QED) is 0.776. The number of nitrogens with zero attached hydrogens (tertiary/aromatic N) is 3. The molecular formula is C19H18N4O2. The highest BCUT2D eigenvalue weighted by Crippen LogP contribution is 2.22. The number of hydrogen-bond donors (Lipinski definition) is 1. The summed E-state index contributed by atoms with van der Waals surface area (Å²) in [5, 5.41) is 3.04. The molecule has 0 bridgehead atoms. The number of ether oxygens (including phenoxy) is 1. The van der Waals surface area contributed by atoms with Crippen molar-refractivity contribution in [1.29, 1.82) is 0 Å². The van der Waals surface area contributed by atoms with Gasteiger partial charge in [-0.1, -0.05) is 29.8 Å². The van der Waals surface area contributed by atoms with E-state index in [4.69, 9.17) is 4.74 Å². The molecule has 0 saturated carbocycles. The zero-order chi connectivity index (χ0) is 17.6. The topological polar surface area (TPSA) is 77.0 Å². The molecule has 0 radical (unpaired) electrons. The minimum atomic E-state index is -0.293. The summed E-state index contributed by atoms with van der Waals surface area (Å²) in [5.41, 5.74) is 3.46. The lowest BCUT2D eigenvalue weighted by atomic mass is 9.98. The predicted molar refractivity (Wildman–Crippen MR) is 93.3 cm³/mol. The zero-order valence-corrected chi connectivity index (χ0v) is 14.0. The summed E-state index contributed by atoms with van der Waals surface area (Å²) < 4.78 is 4.92. The van der Waals surface area contributed by atoms with Crippen molar-refractivity contribution >= 4 is 5.91 Å². The fourth-order valence-electron chi connectivity index (χ4n) is 2.43. The molecule has 1 aromatic carbocycles. The van der Waals surface area contributed by atoms with Gasteiger partial charge in [-0.05, 0) is 30.2 Å². The van der Waals surface area contributed by atoms with E-state index in [1.54, 1.807) is 12.4 Å². The fourth-order valence-corrected chi connectivity index (χ4v) is 2.43. The van der Waals surface area contributed by atoms with Crippen molar-refractivity contribution in [1.82, 2.24) is 20.3 Å². The van der Waals surface area contributed by atoms with E-state index in [-0.39, 0.29) is 18.0 Å².